The van der Waals surface area contributed by atoms with E-state index >= 15 is 0 Å². The summed E-state index contributed by atoms with van der Waals surface area (Å²) in [5, 5.41) is 5.54. The van der Waals surface area contributed by atoms with Crippen molar-refractivity contribution in [3.05, 3.63) is 29.3 Å². The van der Waals surface area contributed by atoms with Crippen LogP contribution in [0.3, 0.4) is 0 Å². The molecule has 7 heteroatoms. The van der Waals surface area contributed by atoms with Gasteiger partial charge in [0, 0.05) is 6.54 Å². The second-order valence-corrected chi connectivity index (χ2v) is 7.38. The first-order chi connectivity index (χ1) is 11.5. The second kappa shape index (κ2) is 7.64. The lowest BCUT2D eigenvalue weighted by atomic mass is 10.1. The van der Waals surface area contributed by atoms with Crippen LogP contribution in [0, 0.1) is 5.92 Å². The van der Waals surface area contributed by atoms with Gasteiger partial charge in [-0.3, -0.25) is 4.79 Å². The molecular formula is C18H25F3N2O2. The molecule has 0 aromatic heterocycles. The van der Waals surface area contributed by atoms with Gasteiger partial charge in [0.2, 0.25) is 5.91 Å². The first-order valence-corrected chi connectivity index (χ1v) is 8.41. The highest BCUT2D eigenvalue weighted by molar-refractivity contribution is 5.78. The van der Waals surface area contributed by atoms with Crippen LogP contribution in [0.25, 0.3) is 0 Å². The van der Waals surface area contributed by atoms with Crippen molar-refractivity contribution in [3.63, 3.8) is 0 Å². The van der Waals surface area contributed by atoms with Gasteiger partial charge in [0.25, 0.3) is 0 Å². The molecule has 4 nitrogen and oxygen atoms in total. The predicted octanol–water partition coefficient (Wildman–Crippen LogP) is 3.50. The summed E-state index contributed by atoms with van der Waals surface area (Å²) in [4.78, 5) is 11.8. The van der Waals surface area contributed by atoms with Crippen LogP contribution in [0.5, 0.6) is 5.75 Å². The molecule has 1 amide bonds. The van der Waals surface area contributed by atoms with E-state index in [1.165, 1.54) is 25.0 Å². The fourth-order valence-electron chi connectivity index (χ4n) is 2.36. The van der Waals surface area contributed by atoms with Crippen molar-refractivity contribution in [3.8, 4) is 5.75 Å². The highest BCUT2D eigenvalue weighted by Gasteiger charge is 2.34. The average molecular weight is 358 g/mol. The lowest BCUT2D eigenvalue weighted by molar-refractivity contribution is -0.138. The van der Waals surface area contributed by atoms with Gasteiger partial charge >= 0.3 is 6.18 Å². The molecule has 0 heterocycles. The molecule has 25 heavy (non-hydrogen) atoms. The van der Waals surface area contributed by atoms with Crippen LogP contribution in [-0.2, 0) is 17.5 Å². The highest BCUT2D eigenvalue weighted by atomic mass is 19.4. The minimum absolute atomic E-state index is 0.0179. The number of rotatable bonds is 7. The molecule has 0 aliphatic heterocycles. The summed E-state index contributed by atoms with van der Waals surface area (Å²) in [6, 6.07) is 3.83. The number of amides is 1. The summed E-state index contributed by atoms with van der Waals surface area (Å²) in [5.74, 6) is 0.477. The largest absolute Gasteiger partial charge is 0.488 e. The molecule has 1 aliphatic rings. The Morgan fingerprint density at radius 2 is 1.92 bits per heavy atom. The monoisotopic (exact) mass is 358 g/mol. The van der Waals surface area contributed by atoms with E-state index in [0.29, 0.717) is 5.92 Å². The number of benzene rings is 1. The van der Waals surface area contributed by atoms with E-state index in [1.54, 1.807) is 20.8 Å². The Morgan fingerprint density at radius 3 is 2.48 bits per heavy atom. The third kappa shape index (κ3) is 6.94. The van der Waals surface area contributed by atoms with Crippen LogP contribution in [0.2, 0.25) is 0 Å². The molecule has 140 valence electrons. The Kier molecular flexibility index (Phi) is 5.98. The molecular weight excluding hydrogens is 333 g/mol. The second-order valence-electron chi connectivity index (χ2n) is 7.38. The summed E-state index contributed by atoms with van der Waals surface area (Å²) < 4.78 is 45.4. The maximum atomic E-state index is 13.3. The van der Waals surface area contributed by atoms with Gasteiger partial charge in [-0.1, -0.05) is 6.07 Å². The number of hydrogen-bond donors (Lipinski definition) is 2. The van der Waals surface area contributed by atoms with E-state index in [9.17, 15) is 18.0 Å². The number of carbonyl (C=O) groups excluding carboxylic acids is 1. The van der Waals surface area contributed by atoms with Crippen molar-refractivity contribution < 1.29 is 22.7 Å². The summed E-state index contributed by atoms with van der Waals surface area (Å²) in [7, 11) is 0. The number of alkyl halides is 3. The molecule has 1 aromatic rings. The van der Waals surface area contributed by atoms with Crippen LogP contribution in [-0.4, -0.2) is 24.6 Å². The molecule has 1 aromatic carbocycles. The van der Waals surface area contributed by atoms with Gasteiger partial charge in [-0.2, -0.15) is 13.2 Å². The fraction of sp³-hybridized carbons (Fsp3) is 0.611. The first-order valence-electron chi connectivity index (χ1n) is 8.41. The Bertz CT molecular complexity index is 605. The quantitative estimate of drug-likeness (QED) is 0.784. The van der Waals surface area contributed by atoms with Crippen LogP contribution in [0.4, 0.5) is 13.2 Å². The molecule has 1 fully saturated rings. The van der Waals surface area contributed by atoms with Crippen molar-refractivity contribution in [2.24, 2.45) is 5.92 Å². The van der Waals surface area contributed by atoms with E-state index in [2.05, 4.69) is 10.6 Å². The van der Waals surface area contributed by atoms with Crippen LogP contribution < -0.4 is 15.4 Å². The number of ether oxygens (including phenoxy) is 1. The summed E-state index contributed by atoms with van der Waals surface area (Å²) in [6.45, 7) is 6.02. The van der Waals surface area contributed by atoms with E-state index in [1.807, 2.05) is 0 Å². The lowest BCUT2D eigenvalue weighted by Gasteiger charge is -2.23. The average Bonchev–Trinajstić information content (AvgIpc) is 3.27. The zero-order chi connectivity index (χ0) is 18.7. The lowest BCUT2D eigenvalue weighted by Crippen LogP contribution is -2.34. The van der Waals surface area contributed by atoms with Crippen molar-refractivity contribution in [2.45, 2.75) is 51.9 Å². The molecule has 2 rings (SSSR count). The van der Waals surface area contributed by atoms with Crippen molar-refractivity contribution in [1.82, 2.24) is 10.6 Å². The maximum Gasteiger partial charge on any atom is 0.416 e. The van der Waals surface area contributed by atoms with E-state index in [-0.39, 0.29) is 30.3 Å². The molecule has 1 saturated carbocycles. The van der Waals surface area contributed by atoms with Crippen LogP contribution in [0.15, 0.2) is 18.2 Å². The third-order valence-corrected chi connectivity index (χ3v) is 3.70. The topological polar surface area (TPSA) is 50.4 Å². The zero-order valence-corrected chi connectivity index (χ0v) is 14.8. The number of halogens is 3. The summed E-state index contributed by atoms with van der Waals surface area (Å²) in [5.41, 5.74) is -1.36. The summed E-state index contributed by atoms with van der Waals surface area (Å²) >= 11 is 0. The van der Waals surface area contributed by atoms with Gasteiger partial charge in [0.1, 0.15) is 11.4 Å². The van der Waals surface area contributed by atoms with E-state index in [0.717, 1.165) is 12.6 Å². The SMILES string of the molecule is CC(C)(C)Oc1ccc(CNC(=O)CNCC2CC2)c(C(F)(F)F)c1. The molecule has 0 spiro atoms. The standard InChI is InChI=1S/C18H25F3N2O2/c1-17(2,3)25-14-7-6-13(15(8-14)18(19,20)21)10-23-16(24)11-22-9-12-4-5-12/h6-8,12,22H,4-5,9-11H2,1-3H3,(H,23,24). The molecule has 0 saturated heterocycles. The predicted molar refractivity (Wildman–Crippen MR) is 89.3 cm³/mol. The van der Waals surface area contributed by atoms with Crippen molar-refractivity contribution >= 4 is 5.91 Å². The molecule has 1 aliphatic carbocycles. The smallest absolute Gasteiger partial charge is 0.416 e. The molecule has 2 N–H and O–H groups in total. The summed E-state index contributed by atoms with van der Waals surface area (Å²) in [6.07, 6.45) is -2.17. The Balaban J connectivity index is 1.99. The normalized spacial score (nSPS) is 15.1. The van der Waals surface area contributed by atoms with E-state index < -0.39 is 17.3 Å². The maximum absolute atomic E-state index is 13.3. The van der Waals surface area contributed by atoms with Gasteiger partial charge in [-0.25, -0.2) is 0 Å². The third-order valence-electron chi connectivity index (χ3n) is 3.70. The zero-order valence-electron chi connectivity index (χ0n) is 14.8. The Hall–Kier alpha value is -1.76. The number of carbonyl (C=O) groups is 1. The fourth-order valence-corrected chi connectivity index (χ4v) is 2.36. The van der Waals surface area contributed by atoms with Gasteiger partial charge in [0.15, 0.2) is 0 Å². The minimum Gasteiger partial charge on any atom is -0.488 e. The molecule has 0 radical (unpaired) electrons. The van der Waals surface area contributed by atoms with Gasteiger partial charge in [-0.05, 0) is 63.8 Å². The minimum atomic E-state index is -4.51. The number of nitrogens with one attached hydrogen (secondary N) is 2. The Morgan fingerprint density at radius 1 is 1.24 bits per heavy atom. The van der Waals surface area contributed by atoms with Crippen LogP contribution >= 0.6 is 0 Å². The van der Waals surface area contributed by atoms with E-state index in [4.69, 9.17) is 4.74 Å². The van der Waals surface area contributed by atoms with Gasteiger partial charge in [-0.15, -0.1) is 0 Å². The van der Waals surface area contributed by atoms with Crippen molar-refractivity contribution in [1.29, 1.82) is 0 Å². The molecule has 0 bridgehead atoms. The van der Waals surface area contributed by atoms with Gasteiger partial charge in [0.05, 0.1) is 12.1 Å². The van der Waals surface area contributed by atoms with Gasteiger partial charge < -0.3 is 15.4 Å². The van der Waals surface area contributed by atoms with Crippen molar-refractivity contribution in [2.75, 3.05) is 13.1 Å². The van der Waals surface area contributed by atoms with Crippen LogP contribution in [0.1, 0.15) is 44.7 Å². The first kappa shape index (κ1) is 19.6. The molecule has 0 unspecified atom stereocenters. The Labute approximate surface area is 146 Å². The molecule has 0 atom stereocenters. The highest BCUT2D eigenvalue weighted by Crippen LogP contribution is 2.35. The number of hydrogen-bond acceptors (Lipinski definition) is 3.